The van der Waals surface area contributed by atoms with E-state index in [2.05, 4.69) is 10.2 Å². The Balaban J connectivity index is 1.97. The smallest absolute Gasteiger partial charge is 0.172 e. The number of nitrogens with zero attached hydrogens (tertiary/aromatic N) is 4. The molecule has 5 heteroatoms. The number of rotatable bonds is 4. The molecular formula is C15H16N4O. The van der Waals surface area contributed by atoms with E-state index in [1.54, 1.807) is 24.1 Å². The number of benzene rings is 1. The van der Waals surface area contributed by atoms with Crippen molar-refractivity contribution in [3.8, 4) is 0 Å². The molecule has 0 amide bonds. The van der Waals surface area contributed by atoms with Crippen LogP contribution in [0.1, 0.15) is 23.0 Å². The second-order valence-corrected chi connectivity index (χ2v) is 4.78. The van der Waals surface area contributed by atoms with Gasteiger partial charge in [0.2, 0.25) is 0 Å². The molecule has 0 fully saturated rings. The van der Waals surface area contributed by atoms with Crippen LogP contribution in [0.3, 0.4) is 0 Å². The predicted octanol–water partition coefficient (Wildman–Crippen LogP) is 2.22. The molecule has 0 aliphatic carbocycles. The molecule has 5 nitrogen and oxygen atoms in total. The summed E-state index contributed by atoms with van der Waals surface area (Å²) in [6, 6.07) is 8.01. The molecule has 3 aromatic rings. The highest BCUT2D eigenvalue weighted by atomic mass is 16.1. The fraction of sp³-hybridized carbons (Fsp3) is 0.267. The average molecular weight is 268 g/mol. The molecular weight excluding hydrogens is 252 g/mol. The van der Waals surface area contributed by atoms with Gasteiger partial charge in [-0.1, -0.05) is 18.2 Å². The molecule has 0 N–H and O–H groups in total. The van der Waals surface area contributed by atoms with Crippen molar-refractivity contribution in [3.05, 3.63) is 47.9 Å². The van der Waals surface area contributed by atoms with Crippen LogP contribution in [0.4, 0.5) is 0 Å². The number of carbonyl (C=O) groups is 1. The summed E-state index contributed by atoms with van der Waals surface area (Å²) in [5.74, 6) is 0.0459. The van der Waals surface area contributed by atoms with E-state index in [1.807, 2.05) is 35.9 Å². The molecule has 1 aromatic carbocycles. The maximum Gasteiger partial charge on any atom is 0.172 e. The summed E-state index contributed by atoms with van der Waals surface area (Å²) in [5.41, 5.74) is 2.53. The van der Waals surface area contributed by atoms with Gasteiger partial charge in [0.05, 0.1) is 29.4 Å². The van der Waals surface area contributed by atoms with Crippen LogP contribution >= 0.6 is 0 Å². The number of hydrogen-bond acceptors (Lipinski definition) is 3. The average Bonchev–Trinajstić information content (AvgIpc) is 3.03. The Labute approximate surface area is 116 Å². The number of hydrogen-bond donors (Lipinski definition) is 0. The van der Waals surface area contributed by atoms with Gasteiger partial charge in [0.15, 0.2) is 5.78 Å². The fourth-order valence-electron chi connectivity index (χ4n) is 2.39. The Morgan fingerprint density at radius 3 is 2.80 bits per heavy atom. The Kier molecular flexibility index (Phi) is 3.10. The molecule has 2 heterocycles. The van der Waals surface area contributed by atoms with Crippen molar-refractivity contribution in [2.75, 3.05) is 0 Å². The summed E-state index contributed by atoms with van der Waals surface area (Å²) in [6.07, 6.45) is 3.64. The highest BCUT2D eigenvalue weighted by Gasteiger charge is 2.15. The van der Waals surface area contributed by atoms with Gasteiger partial charge in [0.25, 0.3) is 0 Å². The molecule has 0 aliphatic rings. The van der Waals surface area contributed by atoms with Gasteiger partial charge in [0.1, 0.15) is 0 Å². The number of fused-ring (bicyclic) bond motifs is 1. The van der Waals surface area contributed by atoms with E-state index in [0.717, 1.165) is 23.1 Å². The van der Waals surface area contributed by atoms with Gasteiger partial charge in [-0.3, -0.25) is 14.2 Å². The zero-order valence-electron chi connectivity index (χ0n) is 11.6. The maximum absolute atomic E-state index is 12.3. The summed E-state index contributed by atoms with van der Waals surface area (Å²) < 4.78 is 3.57. The molecule has 0 bridgehead atoms. The van der Waals surface area contributed by atoms with Gasteiger partial charge in [-0.05, 0) is 13.0 Å². The molecule has 2 aromatic heterocycles. The van der Waals surface area contributed by atoms with E-state index in [-0.39, 0.29) is 5.78 Å². The van der Waals surface area contributed by atoms with Gasteiger partial charge in [-0.15, -0.1) is 0 Å². The van der Waals surface area contributed by atoms with E-state index in [0.29, 0.717) is 12.0 Å². The first kappa shape index (κ1) is 12.6. The Morgan fingerprint density at radius 2 is 2.10 bits per heavy atom. The number of ketones is 1. The van der Waals surface area contributed by atoms with E-state index >= 15 is 0 Å². The first-order chi connectivity index (χ1) is 9.69. The maximum atomic E-state index is 12.3. The quantitative estimate of drug-likeness (QED) is 0.682. The first-order valence-corrected chi connectivity index (χ1v) is 6.65. The van der Waals surface area contributed by atoms with Crippen LogP contribution in [0.25, 0.3) is 10.9 Å². The number of carbonyl (C=O) groups excluding carboxylic acids is 1. The molecule has 0 saturated carbocycles. The second-order valence-electron chi connectivity index (χ2n) is 4.78. The highest BCUT2D eigenvalue weighted by molar-refractivity contribution is 5.99. The summed E-state index contributed by atoms with van der Waals surface area (Å²) in [5, 5.41) is 9.63. The standard InChI is InChI=1S/C15H16N4O/c1-3-19-14-7-5-4-6-12(14)13(17-19)8-15(20)11-9-16-18(2)10-11/h4-7,9-10H,3,8H2,1-2H3. The Morgan fingerprint density at radius 1 is 1.30 bits per heavy atom. The molecule has 0 atom stereocenters. The summed E-state index contributed by atoms with van der Waals surface area (Å²) >= 11 is 0. The topological polar surface area (TPSA) is 52.7 Å². The largest absolute Gasteiger partial charge is 0.294 e. The number of Topliss-reactive ketones (excluding diaryl/α,β-unsaturated/α-hetero) is 1. The van der Waals surface area contributed by atoms with Crippen LogP contribution < -0.4 is 0 Å². The van der Waals surface area contributed by atoms with Crippen molar-refractivity contribution in [1.82, 2.24) is 19.6 Å². The zero-order valence-corrected chi connectivity index (χ0v) is 11.6. The molecule has 102 valence electrons. The lowest BCUT2D eigenvalue weighted by Gasteiger charge is -1.95. The van der Waals surface area contributed by atoms with E-state index in [4.69, 9.17) is 0 Å². The van der Waals surface area contributed by atoms with Crippen LogP contribution in [0, 0.1) is 0 Å². The molecule has 20 heavy (non-hydrogen) atoms. The minimum atomic E-state index is 0.0459. The lowest BCUT2D eigenvalue weighted by atomic mass is 10.1. The summed E-state index contributed by atoms with van der Waals surface area (Å²) in [7, 11) is 1.80. The fourth-order valence-corrected chi connectivity index (χ4v) is 2.39. The normalized spacial score (nSPS) is 11.1. The van der Waals surface area contributed by atoms with Gasteiger partial charge in [-0.2, -0.15) is 10.2 Å². The van der Waals surface area contributed by atoms with Crippen molar-refractivity contribution in [3.63, 3.8) is 0 Å². The lowest BCUT2D eigenvalue weighted by molar-refractivity contribution is 0.0992. The van der Waals surface area contributed by atoms with Crippen molar-refractivity contribution < 1.29 is 4.79 Å². The third kappa shape index (κ3) is 2.11. The van der Waals surface area contributed by atoms with Crippen LogP contribution in [-0.2, 0) is 20.0 Å². The Bertz CT molecular complexity index is 769. The SMILES string of the molecule is CCn1nc(CC(=O)c2cnn(C)c2)c2ccccc21. The third-order valence-electron chi connectivity index (χ3n) is 3.39. The number of aryl methyl sites for hydroxylation is 2. The van der Waals surface area contributed by atoms with Gasteiger partial charge in [0, 0.05) is 25.2 Å². The molecule has 3 rings (SSSR count). The van der Waals surface area contributed by atoms with Gasteiger partial charge < -0.3 is 0 Å². The van der Waals surface area contributed by atoms with Crippen LogP contribution in [-0.4, -0.2) is 25.3 Å². The minimum Gasteiger partial charge on any atom is -0.294 e. The molecule has 0 unspecified atom stereocenters. The second kappa shape index (κ2) is 4.92. The zero-order chi connectivity index (χ0) is 14.1. The van der Waals surface area contributed by atoms with E-state index in [1.165, 1.54) is 0 Å². The molecule has 0 aliphatic heterocycles. The van der Waals surface area contributed by atoms with Crippen molar-refractivity contribution in [1.29, 1.82) is 0 Å². The Hall–Kier alpha value is -2.43. The first-order valence-electron chi connectivity index (χ1n) is 6.65. The number of para-hydroxylation sites is 1. The highest BCUT2D eigenvalue weighted by Crippen LogP contribution is 2.19. The third-order valence-corrected chi connectivity index (χ3v) is 3.39. The molecule has 0 saturated heterocycles. The lowest BCUT2D eigenvalue weighted by Crippen LogP contribution is -2.04. The van der Waals surface area contributed by atoms with Crippen molar-refractivity contribution in [2.45, 2.75) is 19.9 Å². The van der Waals surface area contributed by atoms with Crippen molar-refractivity contribution >= 4 is 16.7 Å². The summed E-state index contributed by atoms with van der Waals surface area (Å²) in [6.45, 7) is 2.84. The minimum absolute atomic E-state index is 0.0459. The van der Waals surface area contributed by atoms with Crippen LogP contribution in [0.2, 0.25) is 0 Å². The summed E-state index contributed by atoms with van der Waals surface area (Å²) in [4.78, 5) is 12.3. The molecule has 0 spiro atoms. The monoisotopic (exact) mass is 268 g/mol. The number of aromatic nitrogens is 4. The van der Waals surface area contributed by atoms with Crippen molar-refractivity contribution in [2.24, 2.45) is 7.05 Å². The molecule has 0 radical (unpaired) electrons. The van der Waals surface area contributed by atoms with Gasteiger partial charge >= 0.3 is 0 Å². The van der Waals surface area contributed by atoms with Crippen LogP contribution in [0.5, 0.6) is 0 Å². The van der Waals surface area contributed by atoms with E-state index in [9.17, 15) is 4.79 Å². The van der Waals surface area contributed by atoms with E-state index < -0.39 is 0 Å². The van der Waals surface area contributed by atoms with Crippen LogP contribution in [0.15, 0.2) is 36.7 Å². The van der Waals surface area contributed by atoms with Gasteiger partial charge in [-0.25, -0.2) is 0 Å². The predicted molar refractivity (Wildman–Crippen MR) is 76.6 cm³/mol.